The molecule has 1 saturated carbocycles. The lowest BCUT2D eigenvalue weighted by Crippen LogP contribution is -2.15. The number of fused-ring (bicyclic) bond motifs is 2. The number of aromatic nitrogens is 3. The Morgan fingerprint density at radius 1 is 0.952 bits per heavy atom. The van der Waals surface area contributed by atoms with Crippen LogP contribution in [0.25, 0.3) is 32.9 Å². The predicted octanol–water partition coefficient (Wildman–Crippen LogP) is 7.06. The highest BCUT2D eigenvalue weighted by Gasteiger charge is 2.43. The van der Waals surface area contributed by atoms with Gasteiger partial charge in [0.2, 0.25) is 5.91 Å². The van der Waals surface area contributed by atoms with E-state index in [2.05, 4.69) is 63.8 Å². The molecule has 1 N–H and O–H groups in total. The first-order valence-corrected chi connectivity index (χ1v) is 13.8. The number of hydrogen-bond donors (Lipinski definition) is 1. The molecule has 7 heteroatoms. The third-order valence-corrected chi connectivity index (χ3v) is 7.77. The molecule has 0 aliphatic heterocycles. The van der Waals surface area contributed by atoms with Crippen LogP contribution in [-0.4, -0.2) is 26.2 Å². The van der Waals surface area contributed by atoms with Crippen LogP contribution in [0.1, 0.15) is 17.5 Å². The molecule has 0 spiro atoms. The molecule has 6 aromatic rings. The Morgan fingerprint density at radius 2 is 1.69 bits per heavy atom. The van der Waals surface area contributed by atoms with Crippen LogP contribution in [-0.2, 0) is 11.8 Å². The first-order valence-electron chi connectivity index (χ1n) is 13.8. The highest BCUT2D eigenvalue weighted by Crippen LogP contribution is 2.39. The maximum atomic E-state index is 12.7. The Balaban J connectivity index is 1.42. The van der Waals surface area contributed by atoms with E-state index in [1.54, 1.807) is 6.20 Å². The second-order valence-electron chi connectivity index (χ2n) is 10.6. The zero-order chi connectivity index (χ0) is 28.6. The van der Waals surface area contributed by atoms with Gasteiger partial charge in [0, 0.05) is 47.5 Å². The first-order chi connectivity index (χ1) is 20.6. The zero-order valence-corrected chi connectivity index (χ0v) is 22.9. The van der Waals surface area contributed by atoms with Crippen molar-refractivity contribution in [2.24, 2.45) is 23.9 Å². The van der Waals surface area contributed by atoms with Gasteiger partial charge in [0.15, 0.2) is 0 Å². The molecule has 0 radical (unpaired) electrons. The van der Waals surface area contributed by atoms with Gasteiger partial charge in [-0.1, -0.05) is 60.7 Å². The van der Waals surface area contributed by atoms with Crippen LogP contribution in [0.2, 0.25) is 0 Å². The molecule has 2 unspecified atom stereocenters. The van der Waals surface area contributed by atoms with Gasteiger partial charge in [0.25, 0.3) is 0 Å². The van der Waals surface area contributed by atoms with Crippen molar-refractivity contribution in [3.63, 3.8) is 0 Å². The number of amides is 1. The largest absolute Gasteiger partial charge is 0.336 e. The zero-order valence-electron chi connectivity index (χ0n) is 22.9. The second-order valence-corrected chi connectivity index (χ2v) is 10.6. The summed E-state index contributed by atoms with van der Waals surface area (Å²) in [6.45, 7) is 0. The summed E-state index contributed by atoms with van der Waals surface area (Å²) in [6.07, 6.45) is 6.19. The van der Waals surface area contributed by atoms with E-state index in [9.17, 15) is 4.79 Å². The van der Waals surface area contributed by atoms with Crippen LogP contribution in [0.15, 0.2) is 115 Å². The minimum atomic E-state index is -0.276. The van der Waals surface area contributed by atoms with Crippen LogP contribution >= 0.6 is 0 Å². The number of benzene rings is 3. The monoisotopic (exact) mass is 546 g/mol. The molecule has 1 aliphatic carbocycles. The first kappa shape index (κ1) is 25.4. The van der Waals surface area contributed by atoms with Crippen molar-refractivity contribution in [3.8, 4) is 17.2 Å². The Bertz CT molecular complexity index is 2000. The fourth-order valence-electron chi connectivity index (χ4n) is 5.43. The normalized spacial score (nSPS) is 15.7. The van der Waals surface area contributed by atoms with E-state index in [1.165, 1.54) is 0 Å². The standard InChI is InChI=1S/C35H26N6O/c1-41-15-13-28-27(12-14-37-34(28)41)24-16-25-19-32(40-35(42)29-17-26(29)20-36)38-21-30(25)31(18-24)39-33(22-8-4-2-5-9-22)23-10-6-3-7-11-23/h2-16,18-19,21,26,29H,17H2,1H3,(H,38,40,42). The van der Waals surface area contributed by atoms with E-state index in [4.69, 9.17) is 10.3 Å². The van der Waals surface area contributed by atoms with E-state index < -0.39 is 0 Å². The molecule has 7 nitrogen and oxygen atoms in total. The lowest BCUT2D eigenvalue weighted by molar-refractivity contribution is -0.117. The quantitative estimate of drug-likeness (QED) is 0.226. The van der Waals surface area contributed by atoms with E-state index in [0.29, 0.717) is 12.2 Å². The van der Waals surface area contributed by atoms with E-state index >= 15 is 0 Å². The lowest BCUT2D eigenvalue weighted by atomic mass is 9.98. The maximum absolute atomic E-state index is 12.7. The van der Waals surface area contributed by atoms with Crippen molar-refractivity contribution < 1.29 is 4.79 Å². The summed E-state index contributed by atoms with van der Waals surface area (Å²) in [4.78, 5) is 27.1. The molecule has 3 aromatic heterocycles. The summed E-state index contributed by atoms with van der Waals surface area (Å²) >= 11 is 0. The van der Waals surface area contributed by atoms with Crippen LogP contribution in [0.4, 0.5) is 11.5 Å². The number of nitrogens with zero attached hydrogens (tertiary/aromatic N) is 5. The third kappa shape index (κ3) is 4.69. The average molecular weight is 547 g/mol. The summed E-state index contributed by atoms with van der Waals surface area (Å²) in [5, 5.41) is 14.9. The number of carbonyl (C=O) groups excluding carboxylic acids is 1. The van der Waals surface area contributed by atoms with E-state index in [0.717, 1.165) is 55.5 Å². The molecular weight excluding hydrogens is 520 g/mol. The number of carbonyl (C=O) groups is 1. The fourth-order valence-corrected chi connectivity index (χ4v) is 5.43. The van der Waals surface area contributed by atoms with Crippen molar-refractivity contribution in [2.45, 2.75) is 6.42 Å². The summed E-state index contributed by atoms with van der Waals surface area (Å²) in [6, 6.07) is 32.6. The van der Waals surface area contributed by atoms with Crippen molar-refractivity contribution in [1.29, 1.82) is 5.26 Å². The summed E-state index contributed by atoms with van der Waals surface area (Å²) in [5.74, 6) is -0.207. The molecule has 0 bridgehead atoms. The molecule has 7 rings (SSSR count). The predicted molar refractivity (Wildman–Crippen MR) is 165 cm³/mol. The van der Waals surface area contributed by atoms with E-state index in [1.807, 2.05) is 72.5 Å². The molecule has 1 aliphatic rings. The lowest BCUT2D eigenvalue weighted by Gasteiger charge is -2.13. The molecule has 42 heavy (non-hydrogen) atoms. The Morgan fingerprint density at radius 3 is 2.38 bits per heavy atom. The van der Waals surface area contributed by atoms with Crippen LogP contribution < -0.4 is 5.32 Å². The summed E-state index contributed by atoms with van der Waals surface area (Å²) in [5.41, 5.74) is 6.54. The molecule has 3 heterocycles. The van der Waals surface area contributed by atoms with Crippen LogP contribution in [0.5, 0.6) is 0 Å². The average Bonchev–Trinajstić information content (AvgIpc) is 3.74. The summed E-state index contributed by atoms with van der Waals surface area (Å²) in [7, 11) is 1.98. The molecule has 2 atom stereocenters. The number of pyridine rings is 2. The number of anilines is 1. The van der Waals surface area contributed by atoms with Gasteiger partial charge in [-0.2, -0.15) is 5.26 Å². The smallest absolute Gasteiger partial charge is 0.230 e. The van der Waals surface area contributed by atoms with Gasteiger partial charge in [-0.05, 0) is 53.3 Å². The maximum Gasteiger partial charge on any atom is 0.230 e. The van der Waals surface area contributed by atoms with Gasteiger partial charge in [0.1, 0.15) is 11.5 Å². The summed E-state index contributed by atoms with van der Waals surface area (Å²) < 4.78 is 2.01. The van der Waals surface area contributed by atoms with Crippen molar-refractivity contribution >= 4 is 44.9 Å². The molecule has 1 amide bonds. The number of aryl methyl sites for hydroxylation is 1. The molecule has 202 valence electrons. The SMILES string of the molecule is Cn1ccc2c(-c3cc(N=C(c4ccccc4)c4ccccc4)c4cnc(NC(=O)C5CC5C#N)cc4c3)ccnc21. The van der Waals surface area contributed by atoms with Crippen molar-refractivity contribution in [2.75, 3.05) is 5.32 Å². The number of aliphatic imine (C=N–C) groups is 1. The molecular formula is C35H26N6O. The van der Waals surface area contributed by atoms with Gasteiger partial charge >= 0.3 is 0 Å². The van der Waals surface area contributed by atoms with Gasteiger partial charge in [-0.3, -0.25) is 4.79 Å². The highest BCUT2D eigenvalue weighted by atomic mass is 16.2. The number of rotatable bonds is 6. The van der Waals surface area contributed by atoms with Gasteiger partial charge in [-0.25, -0.2) is 15.0 Å². The number of nitriles is 1. The Kier molecular flexibility index (Phi) is 6.29. The van der Waals surface area contributed by atoms with Crippen LogP contribution in [0.3, 0.4) is 0 Å². The van der Waals surface area contributed by atoms with Crippen molar-refractivity contribution in [3.05, 3.63) is 121 Å². The highest BCUT2D eigenvalue weighted by molar-refractivity contribution is 6.15. The minimum Gasteiger partial charge on any atom is -0.336 e. The minimum absolute atomic E-state index is 0.168. The number of hydrogen-bond acceptors (Lipinski definition) is 5. The van der Waals surface area contributed by atoms with E-state index in [-0.39, 0.29) is 17.7 Å². The fraction of sp³-hybridized carbons (Fsp3) is 0.114. The van der Waals surface area contributed by atoms with Gasteiger partial charge in [0.05, 0.1) is 29.3 Å². The Hall–Kier alpha value is -5.61. The molecule has 0 saturated heterocycles. The van der Waals surface area contributed by atoms with Crippen molar-refractivity contribution in [1.82, 2.24) is 14.5 Å². The molecule has 1 fully saturated rings. The topological polar surface area (TPSA) is 96.0 Å². The number of nitrogens with one attached hydrogen (secondary N) is 1. The second kappa shape index (κ2) is 10.4. The Labute approximate surface area is 242 Å². The van der Waals surface area contributed by atoms with Gasteiger partial charge < -0.3 is 9.88 Å². The molecule has 3 aromatic carbocycles. The van der Waals surface area contributed by atoms with Gasteiger partial charge in [-0.15, -0.1) is 0 Å². The third-order valence-electron chi connectivity index (χ3n) is 7.77. The van der Waals surface area contributed by atoms with Crippen LogP contribution in [0, 0.1) is 23.2 Å².